The highest BCUT2D eigenvalue weighted by Crippen LogP contribution is 2.15. The molecule has 2 aromatic carbocycles. The number of carbonyl (C=O) groups is 2. The number of rotatable bonds is 8. The van der Waals surface area contributed by atoms with Gasteiger partial charge in [-0.05, 0) is 55.0 Å². The Balaban J connectivity index is 1.98. The molecular weight excluding hydrogens is 378 g/mol. The van der Waals surface area contributed by atoms with Crippen LogP contribution >= 0.6 is 12.2 Å². The van der Waals surface area contributed by atoms with Gasteiger partial charge < -0.3 is 20.5 Å². The number of amides is 2. The van der Waals surface area contributed by atoms with Gasteiger partial charge in [-0.2, -0.15) is 0 Å². The first-order chi connectivity index (χ1) is 13.5. The van der Waals surface area contributed by atoms with Crippen molar-refractivity contribution in [1.29, 1.82) is 0 Å². The van der Waals surface area contributed by atoms with Crippen LogP contribution in [0.15, 0.2) is 48.5 Å². The normalized spacial score (nSPS) is 10.1. The lowest BCUT2D eigenvalue weighted by Gasteiger charge is -2.13. The number of aliphatic hydroxyl groups excluding tert-OH is 1. The predicted molar refractivity (Wildman–Crippen MR) is 112 cm³/mol. The second-order valence-electron chi connectivity index (χ2n) is 5.81. The van der Waals surface area contributed by atoms with Crippen LogP contribution in [0, 0.1) is 0 Å². The van der Waals surface area contributed by atoms with Gasteiger partial charge in [-0.3, -0.25) is 14.9 Å². The van der Waals surface area contributed by atoms with E-state index < -0.39 is 0 Å². The van der Waals surface area contributed by atoms with Crippen molar-refractivity contribution in [2.24, 2.45) is 0 Å². The number of carbonyl (C=O) groups excluding carboxylic acids is 2. The first-order valence-corrected chi connectivity index (χ1v) is 9.29. The summed E-state index contributed by atoms with van der Waals surface area (Å²) < 4.78 is 5.49. The monoisotopic (exact) mass is 401 g/mol. The predicted octanol–water partition coefficient (Wildman–Crippen LogP) is 2.32. The Hall–Kier alpha value is -2.97. The van der Waals surface area contributed by atoms with Crippen molar-refractivity contribution in [3.05, 3.63) is 59.7 Å². The van der Waals surface area contributed by atoms with Gasteiger partial charge in [0.05, 0.1) is 24.5 Å². The molecule has 2 amide bonds. The lowest BCUT2D eigenvalue weighted by atomic mass is 10.1. The summed E-state index contributed by atoms with van der Waals surface area (Å²) >= 11 is 5.19. The molecule has 0 fully saturated rings. The number of hydrogen-bond acceptors (Lipinski definition) is 5. The summed E-state index contributed by atoms with van der Waals surface area (Å²) in [7, 11) is 0. The van der Waals surface area contributed by atoms with Crippen molar-refractivity contribution in [3.63, 3.8) is 0 Å². The Bertz CT molecular complexity index is 824. The van der Waals surface area contributed by atoms with Crippen LogP contribution in [0.2, 0.25) is 0 Å². The molecule has 2 rings (SSSR count). The van der Waals surface area contributed by atoms with Crippen LogP contribution in [-0.2, 0) is 0 Å². The average molecular weight is 401 g/mol. The van der Waals surface area contributed by atoms with Gasteiger partial charge in [0.15, 0.2) is 5.11 Å². The summed E-state index contributed by atoms with van der Waals surface area (Å²) in [5.41, 5.74) is 1.23. The first kappa shape index (κ1) is 21.3. The van der Waals surface area contributed by atoms with Crippen molar-refractivity contribution in [1.82, 2.24) is 10.6 Å². The van der Waals surface area contributed by atoms with Crippen LogP contribution in [0.4, 0.5) is 5.69 Å². The molecular formula is C20H23N3O4S. The topological polar surface area (TPSA) is 99.7 Å². The van der Waals surface area contributed by atoms with Gasteiger partial charge in [0.1, 0.15) is 5.75 Å². The van der Waals surface area contributed by atoms with Crippen molar-refractivity contribution >= 4 is 34.8 Å². The van der Waals surface area contributed by atoms with E-state index in [0.717, 1.165) is 6.42 Å². The third-order valence-corrected chi connectivity index (χ3v) is 3.84. The standard InChI is InChI=1S/C20H23N3O4S/c1-2-13-27-15-9-7-14(8-10-15)18(25)23-20(28)22-17-6-4-3-5-16(17)19(26)21-11-12-24/h3-10,24H,2,11-13H2,1H3,(H,21,26)(H2,22,23,25,28). The first-order valence-electron chi connectivity index (χ1n) is 8.88. The summed E-state index contributed by atoms with van der Waals surface area (Å²) in [6.07, 6.45) is 0.904. The van der Waals surface area contributed by atoms with E-state index in [1.54, 1.807) is 48.5 Å². The fourth-order valence-electron chi connectivity index (χ4n) is 2.31. The van der Waals surface area contributed by atoms with E-state index in [9.17, 15) is 9.59 Å². The van der Waals surface area contributed by atoms with E-state index in [4.69, 9.17) is 22.1 Å². The summed E-state index contributed by atoms with van der Waals surface area (Å²) in [6, 6.07) is 13.5. The highest BCUT2D eigenvalue weighted by atomic mass is 32.1. The van der Waals surface area contributed by atoms with Crippen molar-refractivity contribution in [2.45, 2.75) is 13.3 Å². The van der Waals surface area contributed by atoms with Crippen LogP contribution in [0.1, 0.15) is 34.1 Å². The number of benzene rings is 2. The molecule has 0 atom stereocenters. The molecule has 28 heavy (non-hydrogen) atoms. The van der Waals surface area contributed by atoms with Gasteiger partial charge in [-0.15, -0.1) is 0 Å². The highest BCUT2D eigenvalue weighted by Gasteiger charge is 2.13. The molecule has 2 aromatic rings. The van der Waals surface area contributed by atoms with Gasteiger partial charge >= 0.3 is 0 Å². The summed E-state index contributed by atoms with van der Waals surface area (Å²) in [5.74, 6) is -0.0300. The van der Waals surface area contributed by atoms with E-state index in [1.807, 2.05) is 6.92 Å². The fourth-order valence-corrected chi connectivity index (χ4v) is 2.51. The summed E-state index contributed by atoms with van der Waals surface area (Å²) in [5, 5.41) is 16.9. The zero-order chi connectivity index (χ0) is 20.4. The molecule has 0 saturated heterocycles. The maximum atomic E-state index is 12.3. The van der Waals surface area contributed by atoms with Crippen LogP contribution in [0.5, 0.6) is 5.75 Å². The van der Waals surface area contributed by atoms with Crippen LogP contribution in [-0.4, -0.2) is 41.8 Å². The van der Waals surface area contributed by atoms with Gasteiger partial charge in [0, 0.05) is 12.1 Å². The van der Waals surface area contributed by atoms with Crippen molar-refractivity contribution < 1.29 is 19.4 Å². The number of nitrogens with one attached hydrogen (secondary N) is 3. The van der Waals surface area contributed by atoms with Gasteiger partial charge in [-0.1, -0.05) is 19.1 Å². The Morgan fingerprint density at radius 2 is 1.79 bits per heavy atom. The Morgan fingerprint density at radius 1 is 1.07 bits per heavy atom. The quantitative estimate of drug-likeness (QED) is 0.507. The third-order valence-electron chi connectivity index (χ3n) is 3.63. The Kier molecular flexibility index (Phi) is 8.38. The van der Waals surface area contributed by atoms with Crippen molar-refractivity contribution in [2.75, 3.05) is 25.1 Å². The minimum absolute atomic E-state index is 0.0683. The SMILES string of the molecule is CCCOc1ccc(C(=O)NC(=S)Nc2ccccc2C(=O)NCCO)cc1. The van der Waals surface area contributed by atoms with Gasteiger partial charge in [-0.25, -0.2) is 0 Å². The third kappa shape index (κ3) is 6.33. The molecule has 0 unspecified atom stereocenters. The molecule has 0 aliphatic carbocycles. The molecule has 0 aliphatic heterocycles. The molecule has 0 aromatic heterocycles. The maximum Gasteiger partial charge on any atom is 0.257 e. The van der Waals surface area contributed by atoms with Crippen molar-refractivity contribution in [3.8, 4) is 5.75 Å². The highest BCUT2D eigenvalue weighted by molar-refractivity contribution is 7.80. The fraction of sp³-hybridized carbons (Fsp3) is 0.250. The average Bonchev–Trinajstić information content (AvgIpc) is 2.71. The molecule has 8 heteroatoms. The molecule has 0 bridgehead atoms. The smallest absolute Gasteiger partial charge is 0.257 e. The number of thiocarbonyl (C=S) groups is 1. The van der Waals surface area contributed by atoms with E-state index in [1.165, 1.54) is 0 Å². The molecule has 0 spiro atoms. The second kappa shape index (κ2) is 11.0. The lowest BCUT2D eigenvalue weighted by molar-refractivity contribution is 0.0944. The molecule has 0 saturated carbocycles. The maximum absolute atomic E-state index is 12.3. The molecule has 148 valence electrons. The molecule has 0 aliphatic rings. The number of hydrogen-bond donors (Lipinski definition) is 4. The molecule has 0 heterocycles. The number of ether oxygens (including phenoxy) is 1. The zero-order valence-corrected chi connectivity index (χ0v) is 16.3. The van der Waals surface area contributed by atoms with Gasteiger partial charge in [0.25, 0.3) is 11.8 Å². The molecule has 7 nitrogen and oxygen atoms in total. The lowest BCUT2D eigenvalue weighted by Crippen LogP contribution is -2.35. The summed E-state index contributed by atoms with van der Waals surface area (Å²) in [6.45, 7) is 2.62. The second-order valence-corrected chi connectivity index (χ2v) is 6.21. The van der Waals surface area contributed by atoms with Crippen LogP contribution < -0.4 is 20.7 Å². The van der Waals surface area contributed by atoms with Crippen LogP contribution in [0.25, 0.3) is 0 Å². The van der Waals surface area contributed by atoms with Gasteiger partial charge in [0.2, 0.25) is 0 Å². The van der Waals surface area contributed by atoms with E-state index in [0.29, 0.717) is 29.2 Å². The molecule has 4 N–H and O–H groups in total. The minimum Gasteiger partial charge on any atom is -0.494 e. The minimum atomic E-state index is -0.373. The molecule has 0 radical (unpaired) electrons. The number of para-hydroxylation sites is 1. The number of aliphatic hydroxyl groups is 1. The Morgan fingerprint density at radius 3 is 2.46 bits per heavy atom. The van der Waals surface area contributed by atoms with E-state index >= 15 is 0 Å². The zero-order valence-electron chi connectivity index (χ0n) is 15.5. The number of anilines is 1. The Labute approximate surface area is 169 Å². The van der Waals surface area contributed by atoms with Crippen LogP contribution in [0.3, 0.4) is 0 Å². The van der Waals surface area contributed by atoms with E-state index in [-0.39, 0.29) is 30.1 Å². The van der Waals surface area contributed by atoms with E-state index in [2.05, 4.69) is 16.0 Å². The summed E-state index contributed by atoms with van der Waals surface area (Å²) in [4.78, 5) is 24.5. The largest absolute Gasteiger partial charge is 0.494 e.